The second kappa shape index (κ2) is 8.11. The summed E-state index contributed by atoms with van der Waals surface area (Å²) in [7, 11) is 1.33. The van der Waals surface area contributed by atoms with Crippen molar-refractivity contribution < 1.29 is 14.3 Å². The lowest BCUT2D eigenvalue weighted by Crippen LogP contribution is -2.25. The Hall–Kier alpha value is -1.15. The highest BCUT2D eigenvalue weighted by atomic mass is 32.2. The molecule has 0 saturated carbocycles. The third-order valence-corrected chi connectivity index (χ3v) is 4.63. The molecule has 0 bridgehead atoms. The molecule has 1 amide bonds. The average Bonchev–Trinajstić information content (AvgIpc) is 2.86. The van der Waals surface area contributed by atoms with Gasteiger partial charge in [0.2, 0.25) is 11.0 Å². The quantitative estimate of drug-likeness (QED) is 0.773. The van der Waals surface area contributed by atoms with Crippen molar-refractivity contribution in [1.82, 2.24) is 10.2 Å². The van der Waals surface area contributed by atoms with E-state index in [1.165, 1.54) is 30.2 Å². The van der Waals surface area contributed by atoms with E-state index < -0.39 is 0 Å². The number of carbonyl (C=O) groups excluding carboxylic acids is 2. The van der Waals surface area contributed by atoms with Crippen molar-refractivity contribution in [3.05, 3.63) is 5.01 Å². The van der Waals surface area contributed by atoms with Gasteiger partial charge < -0.3 is 4.74 Å². The maximum atomic E-state index is 12.0. The van der Waals surface area contributed by atoms with E-state index in [1.807, 2.05) is 13.8 Å². The van der Waals surface area contributed by atoms with Gasteiger partial charge in [0, 0.05) is 0 Å². The summed E-state index contributed by atoms with van der Waals surface area (Å²) in [5.74, 6) is -0.325. The van der Waals surface area contributed by atoms with Crippen LogP contribution in [0.4, 0.5) is 5.13 Å². The molecule has 0 saturated heterocycles. The highest BCUT2D eigenvalue weighted by molar-refractivity contribution is 8.01. The zero-order valence-corrected chi connectivity index (χ0v) is 12.8. The van der Waals surface area contributed by atoms with Gasteiger partial charge in [0.05, 0.1) is 18.1 Å². The van der Waals surface area contributed by atoms with Crippen LogP contribution in [0.25, 0.3) is 0 Å². The highest BCUT2D eigenvalue weighted by Crippen LogP contribution is 2.20. The lowest BCUT2D eigenvalue weighted by atomic mass is 10.3. The number of nitrogens with one attached hydrogen (secondary N) is 1. The molecule has 0 aliphatic carbocycles. The van der Waals surface area contributed by atoms with Crippen LogP contribution in [0.1, 0.15) is 25.3 Å². The van der Waals surface area contributed by atoms with Crippen LogP contribution in [0, 0.1) is 0 Å². The van der Waals surface area contributed by atoms with Gasteiger partial charge in [-0.15, -0.1) is 22.0 Å². The largest absolute Gasteiger partial charge is 0.468 e. The van der Waals surface area contributed by atoms with Crippen LogP contribution in [-0.2, 0) is 20.7 Å². The molecule has 0 aromatic carbocycles. The molecular weight excluding hydrogens is 286 g/mol. The molecule has 1 N–H and O–H groups in total. The van der Waals surface area contributed by atoms with Gasteiger partial charge in [-0.1, -0.05) is 25.2 Å². The van der Waals surface area contributed by atoms with Gasteiger partial charge in [-0.05, 0) is 12.8 Å². The number of hydrogen-bond acceptors (Lipinski definition) is 7. The van der Waals surface area contributed by atoms with Crippen molar-refractivity contribution in [2.75, 3.05) is 18.2 Å². The molecule has 1 aromatic rings. The van der Waals surface area contributed by atoms with Crippen LogP contribution in [0.5, 0.6) is 0 Å². The number of carbonyl (C=O) groups is 2. The van der Waals surface area contributed by atoms with Crippen LogP contribution in [-0.4, -0.2) is 40.2 Å². The minimum absolute atomic E-state index is 0.157. The molecule has 0 aliphatic heterocycles. The molecule has 0 spiro atoms. The summed E-state index contributed by atoms with van der Waals surface area (Å²) in [5, 5.41) is 11.6. The standard InChI is InChI=1S/C11H17N3O3S2/c1-4-7(18-6-9(15)17-3)10(16)12-11-14-13-8(5-2)19-11/h7H,4-6H2,1-3H3,(H,12,14,16)/t7-/m1/s1. The molecule has 1 heterocycles. The van der Waals surface area contributed by atoms with E-state index in [9.17, 15) is 9.59 Å². The zero-order valence-electron chi connectivity index (χ0n) is 11.1. The fourth-order valence-electron chi connectivity index (χ4n) is 1.24. The topological polar surface area (TPSA) is 81.2 Å². The Morgan fingerprint density at radius 3 is 2.68 bits per heavy atom. The maximum Gasteiger partial charge on any atom is 0.315 e. The number of ether oxygens (including phenoxy) is 1. The van der Waals surface area contributed by atoms with Crippen molar-refractivity contribution in [3.63, 3.8) is 0 Å². The molecular formula is C11H17N3O3S2. The van der Waals surface area contributed by atoms with E-state index in [0.717, 1.165) is 11.4 Å². The molecule has 8 heteroatoms. The first-order chi connectivity index (χ1) is 9.10. The van der Waals surface area contributed by atoms with Crippen LogP contribution in [0.15, 0.2) is 0 Å². The number of anilines is 1. The number of aromatic nitrogens is 2. The molecule has 19 heavy (non-hydrogen) atoms. The number of hydrogen-bond donors (Lipinski definition) is 1. The molecule has 0 aliphatic rings. The van der Waals surface area contributed by atoms with Gasteiger partial charge in [0.25, 0.3) is 0 Å². The van der Waals surface area contributed by atoms with Gasteiger partial charge in [0.1, 0.15) is 5.01 Å². The first kappa shape index (κ1) is 15.9. The van der Waals surface area contributed by atoms with Gasteiger partial charge in [-0.25, -0.2) is 0 Å². The zero-order chi connectivity index (χ0) is 14.3. The highest BCUT2D eigenvalue weighted by Gasteiger charge is 2.20. The average molecular weight is 303 g/mol. The van der Waals surface area contributed by atoms with Crippen molar-refractivity contribution in [3.8, 4) is 0 Å². The molecule has 1 atom stereocenters. The Kier molecular flexibility index (Phi) is 6.79. The van der Waals surface area contributed by atoms with Crippen molar-refractivity contribution >= 4 is 40.1 Å². The lowest BCUT2D eigenvalue weighted by molar-refractivity contribution is -0.137. The summed E-state index contributed by atoms with van der Waals surface area (Å²) in [6, 6.07) is 0. The first-order valence-corrected chi connectivity index (χ1v) is 7.78. The molecule has 1 aromatic heterocycles. The summed E-state index contributed by atoms with van der Waals surface area (Å²) < 4.78 is 4.55. The predicted molar refractivity (Wildman–Crippen MR) is 76.5 cm³/mol. The fourth-order valence-corrected chi connectivity index (χ4v) is 2.82. The Bertz CT molecular complexity index is 437. The third-order valence-electron chi connectivity index (χ3n) is 2.29. The SMILES string of the molecule is CCc1nnc(NC(=O)[C@@H](CC)SCC(=O)OC)s1. The predicted octanol–water partition coefficient (Wildman–Crippen LogP) is 1.72. The summed E-state index contributed by atoms with van der Waals surface area (Å²) in [5.41, 5.74) is 0. The molecule has 1 rings (SSSR count). The van der Waals surface area contributed by atoms with E-state index in [4.69, 9.17) is 0 Å². The Balaban J connectivity index is 2.51. The fraction of sp³-hybridized carbons (Fsp3) is 0.636. The van der Waals surface area contributed by atoms with E-state index in [0.29, 0.717) is 11.6 Å². The second-order valence-corrected chi connectivity index (χ2v) is 5.88. The van der Waals surface area contributed by atoms with Crippen LogP contribution in [0.3, 0.4) is 0 Å². The van der Waals surface area contributed by atoms with Crippen LogP contribution < -0.4 is 5.32 Å². The number of amides is 1. The van der Waals surface area contributed by atoms with E-state index >= 15 is 0 Å². The summed E-state index contributed by atoms with van der Waals surface area (Å²) in [4.78, 5) is 23.1. The van der Waals surface area contributed by atoms with Crippen molar-refractivity contribution in [1.29, 1.82) is 0 Å². The number of esters is 1. The van der Waals surface area contributed by atoms with Crippen LogP contribution in [0.2, 0.25) is 0 Å². The van der Waals surface area contributed by atoms with Crippen molar-refractivity contribution in [2.24, 2.45) is 0 Å². The number of rotatable bonds is 7. The van der Waals surface area contributed by atoms with Gasteiger partial charge in [-0.2, -0.15) is 0 Å². The van der Waals surface area contributed by atoms with Crippen molar-refractivity contribution in [2.45, 2.75) is 31.9 Å². The molecule has 0 radical (unpaired) electrons. The second-order valence-electron chi connectivity index (χ2n) is 3.63. The maximum absolute atomic E-state index is 12.0. The van der Waals surface area contributed by atoms with E-state index in [2.05, 4.69) is 20.3 Å². The minimum atomic E-state index is -0.333. The van der Waals surface area contributed by atoms with E-state index in [-0.39, 0.29) is 22.9 Å². The molecule has 0 fully saturated rings. The first-order valence-electron chi connectivity index (χ1n) is 5.92. The third kappa shape index (κ3) is 5.15. The van der Waals surface area contributed by atoms with E-state index in [1.54, 1.807) is 0 Å². The lowest BCUT2D eigenvalue weighted by Gasteiger charge is -2.12. The minimum Gasteiger partial charge on any atom is -0.468 e. The molecule has 106 valence electrons. The smallest absolute Gasteiger partial charge is 0.315 e. The van der Waals surface area contributed by atoms with Gasteiger partial charge in [-0.3, -0.25) is 14.9 Å². The van der Waals surface area contributed by atoms with Gasteiger partial charge in [0.15, 0.2) is 0 Å². The normalized spacial score (nSPS) is 11.9. The Labute approximate surface area is 120 Å². The number of nitrogens with zero attached hydrogens (tertiary/aromatic N) is 2. The monoisotopic (exact) mass is 303 g/mol. The Morgan fingerprint density at radius 1 is 1.42 bits per heavy atom. The summed E-state index contributed by atoms with van der Waals surface area (Å²) in [6.07, 6.45) is 1.43. The number of thioether (sulfide) groups is 1. The number of aryl methyl sites for hydroxylation is 1. The number of methoxy groups -OCH3 is 1. The molecule has 6 nitrogen and oxygen atoms in total. The van der Waals surface area contributed by atoms with Crippen LogP contribution >= 0.6 is 23.1 Å². The summed E-state index contributed by atoms with van der Waals surface area (Å²) >= 11 is 2.63. The van der Waals surface area contributed by atoms with Gasteiger partial charge >= 0.3 is 5.97 Å². The molecule has 0 unspecified atom stereocenters. The summed E-state index contributed by atoms with van der Waals surface area (Å²) in [6.45, 7) is 3.87. The Morgan fingerprint density at radius 2 is 2.16 bits per heavy atom.